The average molecular weight is 264 g/mol. The summed E-state index contributed by atoms with van der Waals surface area (Å²) in [6, 6.07) is 3.92. The Labute approximate surface area is 106 Å². The summed E-state index contributed by atoms with van der Waals surface area (Å²) >= 11 is 1.63. The zero-order valence-electron chi connectivity index (χ0n) is 9.24. The largest absolute Gasteiger partial charge is 0.505 e. The number of aromatic amines is 1. The average Bonchev–Trinajstić information content (AvgIpc) is 2.81. The standard InChI is InChI=1S/C12H9FN2O2S/c13-8-3-6(1-2-10(8)16)11-14-9-5-18-4-7(9)12(17)15-11/h1-3,16H,4-5H2,(H,14,15,17). The third kappa shape index (κ3) is 1.78. The van der Waals surface area contributed by atoms with Crippen molar-refractivity contribution in [2.24, 2.45) is 0 Å². The van der Waals surface area contributed by atoms with Crippen molar-refractivity contribution < 1.29 is 9.50 Å². The second-order valence-electron chi connectivity index (χ2n) is 4.00. The summed E-state index contributed by atoms with van der Waals surface area (Å²) in [4.78, 5) is 18.8. The van der Waals surface area contributed by atoms with Gasteiger partial charge in [0.1, 0.15) is 5.82 Å². The Morgan fingerprint density at radius 3 is 3.00 bits per heavy atom. The Bertz CT molecular complexity index is 684. The predicted molar refractivity (Wildman–Crippen MR) is 66.9 cm³/mol. The number of halogens is 1. The molecule has 0 atom stereocenters. The first-order valence-electron chi connectivity index (χ1n) is 5.34. The molecule has 1 aliphatic rings. The lowest BCUT2D eigenvalue weighted by atomic mass is 10.2. The van der Waals surface area contributed by atoms with Crippen molar-refractivity contribution >= 4 is 11.8 Å². The quantitative estimate of drug-likeness (QED) is 0.827. The summed E-state index contributed by atoms with van der Waals surface area (Å²) in [5.41, 5.74) is 1.73. The van der Waals surface area contributed by atoms with Gasteiger partial charge in [-0.05, 0) is 18.2 Å². The van der Waals surface area contributed by atoms with Crippen molar-refractivity contribution in [3.63, 3.8) is 0 Å². The fraction of sp³-hybridized carbons (Fsp3) is 0.167. The van der Waals surface area contributed by atoms with Crippen molar-refractivity contribution in [3.8, 4) is 17.1 Å². The zero-order valence-corrected chi connectivity index (χ0v) is 10.1. The number of phenolic OH excluding ortho intramolecular Hbond substituents is 1. The van der Waals surface area contributed by atoms with Gasteiger partial charge in [-0.25, -0.2) is 9.37 Å². The molecule has 0 bridgehead atoms. The van der Waals surface area contributed by atoms with Gasteiger partial charge >= 0.3 is 0 Å². The van der Waals surface area contributed by atoms with Crippen molar-refractivity contribution in [3.05, 3.63) is 45.6 Å². The molecule has 3 rings (SSSR count). The molecule has 0 radical (unpaired) electrons. The molecule has 0 saturated carbocycles. The van der Waals surface area contributed by atoms with Gasteiger partial charge < -0.3 is 10.1 Å². The van der Waals surface area contributed by atoms with Gasteiger partial charge in [0.25, 0.3) is 5.56 Å². The van der Waals surface area contributed by atoms with Gasteiger partial charge in [-0.15, -0.1) is 0 Å². The van der Waals surface area contributed by atoms with E-state index >= 15 is 0 Å². The number of hydrogen-bond donors (Lipinski definition) is 2. The molecule has 0 spiro atoms. The summed E-state index contributed by atoms with van der Waals surface area (Å²) in [5.74, 6) is 0.553. The molecule has 4 nitrogen and oxygen atoms in total. The van der Waals surface area contributed by atoms with Crippen LogP contribution in [0, 0.1) is 5.82 Å². The second-order valence-corrected chi connectivity index (χ2v) is 4.98. The number of benzene rings is 1. The van der Waals surface area contributed by atoms with Crippen molar-refractivity contribution in [2.75, 3.05) is 0 Å². The summed E-state index contributed by atoms with van der Waals surface area (Å²) in [7, 11) is 0. The van der Waals surface area contributed by atoms with E-state index in [2.05, 4.69) is 9.97 Å². The Balaban J connectivity index is 2.15. The maximum Gasteiger partial charge on any atom is 0.255 e. The van der Waals surface area contributed by atoms with E-state index in [4.69, 9.17) is 5.11 Å². The molecule has 6 heteroatoms. The van der Waals surface area contributed by atoms with Gasteiger partial charge in [0.15, 0.2) is 11.6 Å². The number of aromatic nitrogens is 2. The minimum atomic E-state index is -0.731. The molecule has 0 saturated heterocycles. The summed E-state index contributed by atoms with van der Waals surface area (Å²) in [6.45, 7) is 0. The van der Waals surface area contributed by atoms with Crippen LogP contribution in [0.25, 0.3) is 11.4 Å². The molecule has 2 aromatic rings. The second kappa shape index (κ2) is 4.13. The number of phenols is 1. The van der Waals surface area contributed by atoms with Crippen molar-refractivity contribution in [1.82, 2.24) is 9.97 Å². The third-order valence-corrected chi connectivity index (χ3v) is 3.78. The van der Waals surface area contributed by atoms with Crippen LogP contribution in [0.3, 0.4) is 0 Å². The van der Waals surface area contributed by atoms with E-state index in [1.165, 1.54) is 12.1 Å². The van der Waals surface area contributed by atoms with Crippen LogP contribution in [0.15, 0.2) is 23.0 Å². The molecule has 1 aliphatic heterocycles. The number of aromatic hydroxyl groups is 1. The van der Waals surface area contributed by atoms with E-state index in [0.29, 0.717) is 28.5 Å². The first kappa shape index (κ1) is 11.3. The van der Waals surface area contributed by atoms with E-state index in [1.54, 1.807) is 11.8 Å². The number of thioether (sulfide) groups is 1. The van der Waals surface area contributed by atoms with Gasteiger partial charge in [0, 0.05) is 22.6 Å². The van der Waals surface area contributed by atoms with Gasteiger partial charge in [0.05, 0.1) is 5.69 Å². The molecule has 0 unspecified atom stereocenters. The smallest absolute Gasteiger partial charge is 0.255 e. The van der Waals surface area contributed by atoms with Gasteiger partial charge in [-0.2, -0.15) is 11.8 Å². The number of H-pyrrole nitrogens is 1. The molecular weight excluding hydrogens is 255 g/mol. The van der Waals surface area contributed by atoms with Gasteiger partial charge in [0.2, 0.25) is 0 Å². The normalized spacial score (nSPS) is 13.6. The minimum absolute atomic E-state index is 0.173. The number of fused-ring (bicyclic) bond motifs is 1. The highest BCUT2D eigenvalue weighted by Gasteiger charge is 2.18. The highest BCUT2D eigenvalue weighted by atomic mass is 32.2. The molecule has 2 N–H and O–H groups in total. The molecule has 1 aromatic carbocycles. The number of nitrogens with zero attached hydrogens (tertiary/aromatic N) is 1. The molecule has 2 heterocycles. The molecule has 18 heavy (non-hydrogen) atoms. The predicted octanol–water partition coefficient (Wildman–Crippen LogP) is 2.03. The van der Waals surface area contributed by atoms with Crippen LogP contribution >= 0.6 is 11.8 Å². The fourth-order valence-corrected chi connectivity index (χ4v) is 2.89. The lowest BCUT2D eigenvalue weighted by Gasteiger charge is -2.04. The highest BCUT2D eigenvalue weighted by molar-refractivity contribution is 7.98. The number of rotatable bonds is 1. The highest BCUT2D eigenvalue weighted by Crippen LogP contribution is 2.28. The summed E-state index contributed by atoms with van der Waals surface area (Å²) in [6.07, 6.45) is 0. The molecular formula is C12H9FN2O2S. The maximum atomic E-state index is 13.3. The van der Waals surface area contributed by atoms with E-state index in [1.807, 2.05) is 0 Å². The Hall–Kier alpha value is -1.82. The van der Waals surface area contributed by atoms with Crippen LogP contribution in [-0.2, 0) is 11.5 Å². The van der Waals surface area contributed by atoms with Gasteiger partial charge in [-0.1, -0.05) is 0 Å². The molecule has 0 aliphatic carbocycles. The van der Waals surface area contributed by atoms with E-state index < -0.39 is 11.6 Å². The van der Waals surface area contributed by atoms with Crippen LogP contribution < -0.4 is 5.56 Å². The summed E-state index contributed by atoms with van der Waals surface area (Å²) in [5, 5.41) is 9.13. The Kier molecular flexibility index (Phi) is 2.59. The van der Waals surface area contributed by atoms with Crippen molar-refractivity contribution in [2.45, 2.75) is 11.5 Å². The zero-order chi connectivity index (χ0) is 12.7. The van der Waals surface area contributed by atoms with Crippen LogP contribution in [0.5, 0.6) is 5.75 Å². The van der Waals surface area contributed by atoms with Crippen LogP contribution in [0.2, 0.25) is 0 Å². The molecule has 0 amide bonds. The van der Waals surface area contributed by atoms with Crippen LogP contribution in [0.1, 0.15) is 11.3 Å². The lowest BCUT2D eigenvalue weighted by Crippen LogP contribution is -2.15. The monoisotopic (exact) mass is 264 g/mol. The van der Waals surface area contributed by atoms with Crippen molar-refractivity contribution in [1.29, 1.82) is 0 Å². The van der Waals surface area contributed by atoms with Gasteiger partial charge in [-0.3, -0.25) is 4.79 Å². The van der Waals surface area contributed by atoms with Crippen LogP contribution in [-0.4, -0.2) is 15.1 Å². The first-order valence-corrected chi connectivity index (χ1v) is 6.49. The van der Waals surface area contributed by atoms with E-state index in [-0.39, 0.29) is 5.56 Å². The van der Waals surface area contributed by atoms with E-state index in [9.17, 15) is 9.18 Å². The summed E-state index contributed by atoms with van der Waals surface area (Å²) < 4.78 is 13.3. The Morgan fingerprint density at radius 1 is 1.39 bits per heavy atom. The number of hydrogen-bond acceptors (Lipinski definition) is 4. The van der Waals surface area contributed by atoms with E-state index in [0.717, 1.165) is 11.8 Å². The SMILES string of the molecule is O=c1[nH]c(-c2ccc(O)c(F)c2)nc2c1CSC2. The fourth-order valence-electron chi connectivity index (χ4n) is 1.85. The number of nitrogens with one attached hydrogen (secondary N) is 1. The maximum absolute atomic E-state index is 13.3. The molecule has 92 valence electrons. The molecule has 1 aromatic heterocycles. The topological polar surface area (TPSA) is 66.0 Å². The first-order chi connectivity index (χ1) is 8.65. The Morgan fingerprint density at radius 2 is 2.22 bits per heavy atom. The minimum Gasteiger partial charge on any atom is -0.505 e. The van der Waals surface area contributed by atoms with Crippen LogP contribution in [0.4, 0.5) is 4.39 Å². The molecule has 0 fully saturated rings. The third-order valence-electron chi connectivity index (χ3n) is 2.81. The lowest BCUT2D eigenvalue weighted by molar-refractivity contribution is 0.432.